The second kappa shape index (κ2) is 6.99. The topological polar surface area (TPSA) is 58.2 Å². The number of amides is 2. The van der Waals surface area contributed by atoms with E-state index in [0.29, 0.717) is 5.56 Å². The molecule has 1 fully saturated rings. The van der Waals surface area contributed by atoms with Crippen LogP contribution in [0, 0.1) is 0 Å². The highest BCUT2D eigenvalue weighted by atomic mass is 35.5. The van der Waals surface area contributed by atoms with E-state index in [1.165, 1.54) is 18.2 Å². The Morgan fingerprint density at radius 2 is 1.65 bits per heavy atom. The highest BCUT2D eigenvalue weighted by Gasteiger charge is 2.31. The number of hydrogen-bond donors (Lipinski definition) is 2. The smallest absolute Gasteiger partial charge is 0.349 e. The molecule has 1 saturated carbocycles. The molecule has 2 amide bonds. The minimum Gasteiger partial charge on any atom is -0.349 e. The molecule has 0 heterocycles. The molecule has 0 aliphatic heterocycles. The van der Waals surface area contributed by atoms with Crippen molar-refractivity contribution in [2.75, 3.05) is 5.32 Å². The van der Waals surface area contributed by atoms with Crippen molar-refractivity contribution in [3.05, 3.63) is 64.2 Å². The fourth-order valence-corrected chi connectivity index (χ4v) is 2.45. The van der Waals surface area contributed by atoms with Crippen LogP contribution in [-0.2, 0) is 6.18 Å². The molecule has 0 spiro atoms. The third-order valence-electron chi connectivity index (χ3n) is 3.84. The third kappa shape index (κ3) is 4.35. The van der Waals surface area contributed by atoms with Gasteiger partial charge in [-0.15, -0.1) is 0 Å². The number of alkyl halides is 3. The molecule has 0 saturated heterocycles. The van der Waals surface area contributed by atoms with Crippen LogP contribution >= 0.6 is 11.6 Å². The van der Waals surface area contributed by atoms with Crippen LogP contribution in [0.4, 0.5) is 18.9 Å². The summed E-state index contributed by atoms with van der Waals surface area (Å²) in [6.45, 7) is 0. The van der Waals surface area contributed by atoms with Crippen molar-refractivity contribution < 1.29 is 22.8 Å². The summed E-state index contributed by atoms with van der Waals surface area (Å²) in [4.78, 5) is 24.4. The predicted octanol–water partition coefficient (Wildman–Crippen LogP) is 4.50. The molecular formula is C18H14ClF3N2O2. The molecule has 4 nitrogen and oxygen atoms in total. The summed E-state index contributed by atoms with van der Waals surface area (Å²) in [5.74, 6) is -0.952. The molecule has 0 aromatic heterocycles. The Morgan fingerprint density at radius 1 is 1.00 bits per heavy atom. The van der Waals surface area contributed by atoms with Crippen molar-refractivity contribution in [1.29, 1.82) is 0 Å². The zero-order chi connectivity index (χ0) is 18.9. The van der Waals surface area contributed by atoms with E-state index in [1.54, 1.807) is 6.07 Å². The van der Waals surface area contributed by atoms with Gasteiger partial charge in [0.05, 0.1) is 16.3 Å². The quantitative estimate of drug-likeness (QED) is 0.817. The van der Waals surface area contributed by atoms with Crippen molar-refractivity contribution in [2.45, 2.75) is 25.1 Å². The average Bonchev–Trinajstić information content (AvgIpc) is 3.40. The number of rotatable bonds is 4. The summed E-state index contributed by atoms with van der Waals surface area (Å²) in [5, 5.41) is 5.14. The number of nitrogens with one attached hydrogen (secondary N) is 2. The van der Waals surface area contributed by atoms with Crippen LogP contribution in [0.5, 0.6) is 0 Å². The summed E-state index contributed by atoms with van der Waals surface area (Å²) in [6.07, 6.45) is -2.69. The van der Waals surface area contributed by atoms with Crippen molar-refractivity contribution in [3.63, 3.8) is 0 Å². The molecule has 8 heteroatoms. The highest BCUT2D eigenvalue weighted by Crippen LogP contribution is 2.34. The maximum Gasteiger partial charge on any atom is 0.416 e. The highest BCUT2D eigenvalue weighted by molar-refractivity contribution is 6.34. The van der Waals surface area contributed by atoms with Crippen LogP contribution in [0.2, 0.25) is 5.02 Å². The summed E-state index contributed by atoms with van der Waals surface area (Å²) < 4.78 is 38.4. The Bertz CT molecular complexity index is 864. The van der Waals surface area contributed by atoms with Crippen LogP contribution < -0.4 is 10.6 Å². The van der Waals surface area contributed by atoms with Gasteiger partial charge in [0, 0.05) is 17.2 Å². The predicted molar refractivity (Wildman–Crippen MR) is 91.3 cm³/mol. The van der Waals surface area contributed by atoms with Gasteiger partial charge < -0.3 is 10.6 Å². The molecule has 136 valence electrons. The zero-order valence-electron chi connectivity index (χ0n) is 13.4. The summed E-state index contributed by atoms with van der Waals surface area (Å²) in [6, 6.07) is 8.78. The fraction of sp³-hybridized carbons (Fsp3) is 0.222. The van der Waals surface area contributed by atoms with Gasteiger partial charge >= 0.3 is 6.18 Å². The maximum absolute atomic E-state index is 12.8. The van der Waals surface area contributed by atoms with Crippen LogP contribution in [-0.4, -0.2) is 17.9 Å². The molecule has 2 aromatic carbocycles. The van der Waals surface area contributed by atoms with E-state index >= 15 is 0 Å². The molecule has 26 heavy (non-hydrogen) atoms. The normalized spacial score (nSPS) is 14.0. The molecule has 3 rings (SSSR count). The summed E-state index contributed by atoms with van der Waals surface area (Å²) in [7, 11) is 0. The van der Waals surface area contributed by atoms with Gasteiger partial charge in [-0.05, 0) is 49.2 Å². The van der Waals surface area contributed by atoms with E-state index in [4.69, 9.17) is 11.6 Å². The number of carbonyl (C=O) groups excluding carboxylic acids is 2. The van der Waals surface area contributed by atoms with Crippen molar-refractivity contribution in [3.8, 4) is 0 Å². The number of anilines is 1. The second-order valence-corrected chi connectivity index (χ2v) is 6.38. The average molecular weight is 383 g/mol. The largest absolute Gasteiger partial charge is 0.416 e. The van der Waals surface area contributed by atoms with E-state index in [9.17, 15) is 22.8 Å². The van der Waals surface area contributed by atoms with Gasteiger partial charge in [0.25, 0.3) is 11.8 Å². The van der Waals surface area contributed by atoms with E-state index < -0.39 is 17.6 Å². The van der Waals surface area contributed by atoms with Crippen LogP contribution in [0.1, 0.15) is 39.1 Å². The molecule has 2 N–H and O–H groups in total. The van der Waals surface area contributed by atoms with Gasteiger partial charge in [-0.2, -0.15) is 13.2 Å². The van der Waals surface area contributed by atoms with Gasteiger partial charge in [-0.1, -0.05) is 17.7 Å². The lowest BCUT2D eigenvalue weighted by Gasteiger charge is -2.12. The number of halogens is 4. The monoisotopic (exact) mass is 382 g/mol. The van der Waals surface area contributed by atoms with Gasteiger partial charge in [0.2, 0.25) is 0 Å². The Hall–Kier alpha value is -2.54. The maximum atomic E-state index is 12.8. The lowest BCUT2D eigenvalue weighted by atomic mass is 10.1. The van der Waals surface area contributed by atoms with Gasteiger partial charge in [-0.3, -0.25) is 9.59 Å². The van der Waals surface area contributed by atoms with E-state index in [0.717, 1.165) is 31.0 Å². The second-order valence-electron chi connectivity index (χ2n) is 5.98. The number of benzene rings is 2. The zero-order valence-corrected chi connectivity index (χ0v) is 14.1. The Labute approximate surface area is 152 Å². The standard InChI is InChI=1S/C18H14ClF3N2O2/c19-14-7-4-12(18(20,21)22)9-15(14)24-17(26)11-3-1-2-10(8-11)16(25)23-13-5-6-13/h1-4,7-9,13H,5-6H2,(H,23,25)(H,24,26). The molecule has 0 bridgehead atoms. The SMILES string of the molecule is O=C(Nc1cc(C(F)(F)F)ccc1Cl)c1cccc(C(=O)NC2CC2)c1. The Balaban J connectivity index is 1.79. The molecule has 0 radical (unpaired) electrons. The van der Waals surface area contributed by atoms with E-state index in [2.05, 4.69) is 10.6 Å². The first kappa shape index (κ1) is 18.3. The minimum absolute atomic E-state index is 0.0195. The Morgan fingerprint density at radius 3 is 2.27 bits per heavy atom. The molecule has 1 aliphatic rings. The van der Waals surface area contributed by atoms with Crippen molar-refractivity contribution in [1.82, 2.24) is 5.32 Å². The minimum atomic E-state index is -4.55. The Kier molecular flexibility index (Phi) is 4.91. The molecule has 1 aliphatic carbocycles. The first-order chi connectivity index (χ1) is 12.2. The number of hydrogen-bond acceptors (Lipinski definition) is 2. The first-order valence-electron chi connectivity index (χ1n) is 7.83. The summed E-state index contributed by atoms with van der Waals surface area (Å²) in [5.41, 5.74) is -0.629. The third-order valence-corrected chi connectivity index (χ3v) is 4.17. The molecule has 0 atom stereocenters. The van der Waals surface area contributed by atoms with Crippen LogP contribution in [0.15, 0.2) is 42.5 Å². The van der Waals surface area contributed by atoms with Gasteiger partial charge in [-0.25, -0.2) is 0 Å². The molecular weight excluding hydrogens is 369 g/mol. The van der Waals surface area contributed by atoms with Gasteiger partial charge in [0.15, 0.2) is 0 Å². The lowest BCUT2D eigenvalue weighted by Crippen LogP contribution is -2.25. The van der Waals surface area contributed by atoms with Crippen LogP contribution in [0.25, 0.3) is 0 Å². The number of carbonyl (C=O) groups is 2. The first-order valence-corrected chi connectivity index (χ1v) is 8.21. The lowest BCUT2D eigenvalue weighted by molar-refractivity contribution is -0.137. The van der Waals surface area contributed by atoms with Crippen molar-refractivity contribution >= 4 is 29.1 Å². The van der Waals surface area contributed by atoms with Crippen molar-refractivity contribution in [2.24, 2.45) is 0 Å². The summed E-state index contributed by atoms with van der Waals surface area (Å²) >= 11 is 5.88. The molecule has 2 aromatic rings. The van der Waals surface area contributed by atoms with Crippen LogP contribution in [0.3, 0.4) is 0 Å². The van der Waals surface area contributed by atoms with Gasteiger partial charge in [0.1, 0.15) is 0 Å². The van der Waals surface area contributed by atoms with E-state index in [1.807, 2.05) is 0 Å². The molecule has 0 unspecified atom stereocenters. The fourth-order valence-electron chi connectivity index (χ4n) is 2.29. The van der Waals surface area contributed by atoms with E-state index in [-0.39, 0.29) is 28.2 Å².